The van der Waals surface area contributed by atoms with Gasteiger partial charge in [-0.15, -0.1) is 11.8 Å². The predicted molar refractivity (Wildman–Crippen MR) is 288 cm³/mol. The van der Waals surface area contributed by atoms with Crippen LogP contribution < -0.4 is 20.7 Å². The molecule has 4 aromatic heterocycles. The molecule has 2 atom stereocenters. The number of thiocarbonyl (C=S) groups is 2. The summed E-state index contributed by atoms with van der Waals surface area (Å²) in [5.41, 5.74) is 4.01. The summed E-state index contributed by atoms with van der Waals surface area (Å²) >= 11 is 11.9. The summed E-state index contributed by atoms with van der Waals surface area (Å²) in [5.74, 6) is 0.00829. The summed E-state index contributed by atoms with van der Waals surface area (Å²) in [5, 5.41) is 16.6. The number of hydrogen-bond donors (Lipinski definition) is 6. The van der Waals surface area contributed by atoms with Gasteiger partial charge in [-0.05, 0) is 24.3 Å². The number of thiazole rings is 1. The number of carbonyl (C=O) groups is 3. The molecule has 0 fully saturated rings. The number of benzene rings is 3. The standard InChI is InChI=1S/C31H21N13O3S5.2C4H7NO2S2.Sb/c45-27(30(50-28-23-25(34-12-32-23)36-14-38-28)51-29-24-26(35-13-33-24)37-15-39-29)40-16-5-8-20(9-6-16)52(46,47)44-18-3-1-17(2-4-18)42-43-19-7-10-21-22(11-19)49-31(48)41-21;2*1-2-7-3(6)5-4(8)9;/h1-14,29-30,44H,(H,33,35)(H,40,45)(H,41,48)(H,32,34,36,38);2*2H2,1H3,(H2,5,6,8,9);/q;;;+3/p-3. The number of alkyl carbamates (subject to hydrolysis) is 2. The molecule has 0 spiro atoms. The first-order valence-corrected chi connectivity index (χ1v) is 36.8. The van der Waals surface area contributed by atoms with E-state index in [1.54, 1.807) is 44.2 Å². The molecule has 0 saturated heterocycles. The molecule has 0 radical (unpaired) electrons. The third-order valence-electron chi connectivity index (χ3n) is 8.71. The van der Waals surface area contributed by atoms with Crippen LogP contribution >= 0.6 is 85.8 Å². The van der Waals surface area contributed by atoms with Gasteiger partial charge in [-0.25, -0.2) is 33.3 Å². The second kappa shape index (κ2) is 24.5. The monoisotopic (exact) mass is 1230 g/mol. The number of ether oxygens (including phenoxy) is 2. The number of aliphatic imine (C=N–C) groups is 2. The molecular formula is C39H32N15O7S9Sb. The third-order valence-corrected chi connectivity index (χ3v) is 36.8. The topological polar surface area (TPSA) is 297 Å². The van der Waals surface area contributed by atoms with Crippen molar-refractivity contribution in [3.63, 3.8) is 0 Å². The van der Waals surface area contributed by atoms with Crippen LogP contribution in [0.25, 0.3) is 21.4 Å². The molecule has 364 valence electrons. The van der Waals surface area contributed by atoms with Crippen molar-refractivity contribution in [3.8, 4) is 0 Å². The van der Waals surface area contributed by atoms with Gasteiger partial charge < -0.3 is 15.3 Å². The van der Waals surface area contributed by atoms with Crippen LogP contribution in [0, 0.1) is 0 Å². The Bertz CT molecular complexity index is 3300. The van der Waals surface area contributed by atoms with E-state index in [1.165, 1.54) is 105 Å². The molecule has 22 nitrogen and oxygen atoms in total. The molecule has 0 saturated carbocycles. The van der Waals surface area contributed by atoms with E-state index in [2.05, 4.69) is 76.8 Å². The summed E-state index contributed by atoms with van der Waals surface area (Å²) in [6, 6.07) is 20.2. The van der Waals surface area contributed by atoms with Crippen LogP contribution in [0.2, 0.25) is 0 Å². The third kappa shape index (κ3) is 14.3. The number of nitrogens with one attached hydrogen (secondary N) is 6. The maximum absolute atomic E-state index is 13.9. The normalized spacial score (nSPS) is 13.5. The van der Waals surface area contributed by atoms with E-state index in [1.807, 2.05) is 12.1 Å². The molecular weight excluding hydrogens is 1200 g/mol. The molecule has 71 heavy (non-hydrogen) atoms. The Hall–Kier alpha value is -5.20. The van der Waals surface area contributed by atoms with E-state index in [4.69, 9.17) is 38.9 Å². The molecule has 7 aromatic rings. The molecule has 8 rings (SSSR count). The van der Waals surface area contributed by atoms with Gasteiger partial charge in [-0.2, -0.15) is 4.99 Å². The number of aromatic amines is 2. The number of imidazole rings is 2. The van der Waals surface area contributed by atoms with Gasteiger partial charge in [0.05, 0.1) is 29.3 Å². The van der Waals surface area contributed by atoms with Crippen molar-refractivity contribution in [3.05, 3.63) is 91.4 Å². The fourth-order valence-electron chi connectivity index (χ4n) is 5.69. The van der Waals surface area contributed by atoms with Crippen molar-refractivity contribution in [1.82, 2.24) is 45.5 Å². The number of azo groups is 1. The predicted octanol–water partition coefficient (Wildman–Crippen LogP) is 9.82. The number of nitrogens with zero attached hydrogens (tertiary/aromatic N) is 9. The number of H-pyrrole nitrogens is 2. The summed E-state index contributed by atoms with van der Waals surface area (Å²) in [6.07, 6.45) is 3.02. The number of carbonyl (C=O) groups excluding carboxylic acids is 3. The number of rotatable bonds is 17. The van der Waals surface area contributed by atoms with Gasteiger partial charge in [0.1, 0.15) is 21.5 Å². The van der Waals surface area contributed by atoms with Gasteiger partial charge in [0, 0.05) is 5.69 Å². The quantitative estimate of drug-likeness (QED) is 0.0123. The van der Waals surface area contributed by atoms with Crippen molar-refractivity contribution in [2.24, 2.45) is 20.2 Å². The van der Waals surface area contributed by atoms with Crippen LogP contribution in [0.3, 0.4) is 0 Å². The Morgan fingerprint density at radius 2 is 1.55 bits per heavy atom. The zero-order valence-corrected chi connectivity index (χ0v) is 46.1. The Balaban J connectivity index is 0.881. The van der Waals surface area contributed by atoms with Crippen molar-refractivity contribution in [2.45, 2.75) is 38.1 Å². The minimum absolute atomic E-state index is 0.0372. The number of anilines is 2. The molecule has 1 aliphatic rings. The van der Waals surface area contributed by atoms with Crippen LogP contribution in [-0.4, -0.2) is 110 Å². The number of sulfonamides is 1. The zero-order valence-electron chi connectivity index (χ0n) is 36.2. The average Bonchev–Trinajstić information content (AvgIpc) is 4.12. The van der Waals surface area contributed by atoms with E-state index in [0.29, 0.717) is 44.8 Å². The molecule has 32 heteroatoms. The van der Waals surface area contributed by atoms with Crippen LogP contribution in [0.15, 0.2) is 120 Å². The van der Waals surface area contributed by atoms with E-state index in [9.17, 15) is 22.8 Å². The van der Waals surface area contributed by atoms with Gasteiger partial charge in [0.15, 0.2) is 16.8 Å². The number of amides is 3. The first-order chi connectivity index (χ1) is 34.3. The summed E-state index contributed by atoms with van der Waals surface area (Å²) < 4.78 is 40.6. The molecule has 3 aromatic carbocycles. The Labute approximate surface area is 441 Å². The van der Waals surface area contributed by atoms with Crippen LogP contribution in [0.1, 0.15) is 24.9 Å². The Morgan fingerprint density at radius 3 is 2.27 bits per heavy atom. The maximum atomic E-state index is 13.9. The van der Waals surface area contributed by atoms with Crippen molar-refractivity contribution < 1.29 is 32.3 Å². The van der Waals surface area contributed by atoms with Crippen LogP contribution in [0.5, 0.6) is 0 Å². The van der Waals surface area contributed by atoms with E-state index < -0.39 is 54.1 Å². The summed E-state index contributed by atoms with van der Waals surface area (Å²) in [4.78, 5) is 73.9. The number of aromatic nitrogens is 7. The fraction of sp³-hybridized carbons (Fsp3) is 0.154. The van der Waals surface area contributed by atoms with E-state index >= 15 is 0 Å². The van der Waals surface area contributed by atoms with Gasteiger partial charge in [-0.1, -0.05) is 11.8 Å². The minimum atomic E-state index is -4.04. The zero-order chi connectivity index (χ0) is 49.9. The summed E-state index contributed by atoms with van der Waals surface area (Å²) in [7, 11) is 0.0775. The fourth-order valence-corrected chi connectivity index (χ4v) is 39.1. The molecule has 1 aliphatic heterocycles. The van der Waals surface area contributed by atoms with Gasteiger partial charge >= 0.3 is 245 Å². The first kappa shape index (κ1) is 52.1. The Morgan fingerprint density at radius 1 is 0.873 bits per heavy atom. The first-order valence-electron chi connectivity index (χ1n) is 20.1. The van der Waals surface area contributed by atoms with Crippen molar-refractivity contribution in [1.29, 1.82) is 0 Å². The van der Waals surface area contributed by atoms with Gasteiger partial charge in [0.2, 0.25) is 5.91 Å². The molecule has 2 unspecified atom stereocenters. The SMILES string of the molecule is CCOC(=O)NC(=S)[S][Sb]([S]C(=S)NC(=O)OCC)[S]c1nc2ccc(N=Nc3ccc(NS(=O)(=O)c4ccc(NC(=O)C(Sc5ncnc6nc[nH]c56)SC5N=C=Nc6nc[nH]c65)cc4)cc3)cc2s1. The van der Waals surface area contributed by atoms with Crippen molar-refractivity contribution in [2.75, 3.05) is 23.3 Å². The number of fused-ring (bicyclic) bond motifs is 3. The Kier molecular flexibility index (Phi) is 18.0. The molecule has 5 heterocycles. The van der Waals surface area contributed by atoms with E-state index in [0.717, 1.165) is 14.6 Å². The average molecular weight is 1230 g/mol. The number of hydrogen-bond acceptors (Lipinski definition) is 24. The van der Waals surface area contributed by atoms with Crippen LogP contribution in [-0.2, 0) is 24.3 Å². The molecule has 0 bridgehead atoms. The molecule has 3 amide bonds. The van der Waals surface area contributed by atoms with E-state index in [-0.39, 0.29) is 32.4 Å². The van der Waals surface area contributed by atoms with Gasteiger partial charge in [0.25, 0.3) is 10.0 Å². The van der Waals surface area contributed by atoms with Crippen molar-refractivity contribution >= 4 is 195 Å². The number of thioether (sulfide) groups is 2. The molecule has 0 aliphatic carbocycles. The molecule has 6 N–H and O–H groups in total. The second-order valence-electron chi connectivity index (χ2n) is 13.5. The summed E-state index contributed by atoms with van der Waals surface area (Å²) in [6.45, 7) is 3.74. The van der Waals surface area contributed by atoms with Crippen LogP contribution in [0.4, 0.5) is 38.2 Å². The second-order valence-corrected chi connectivity index (χ2v) is 40.1. The van der Waals surface area contributed by atoms with Gasteiger partial charge in [-0.3, -0.25) is 9.52 Å².